The van der Waals surface area contributed by atoms with Crippen molar-refractivity contribution in [2.24, 2.45) is 11.5 Å². The van der Waals surface area contributed by atoms with Crippen LogP contribution in [0.5, 0.6) is 0 Å². The van der Waals surface area contributed by atoms with Gasteiger partial charge in [-0.3, -0.25) is 4.79 Å². The molecule has 6 N–H and O–H groups in total. The first-order valence-electron chi connectivity index (χ1n) is 12.5. The number of nitrogens with zero attached hydrogens (tertiary/aromatic N) is 3. The maximum absolute atomic E-state index is 14.8. The summed E-state index contributed by atoms with van der Waals surface area (Å²) in [6.45, 7) is 7.07. The molecule has 0 saturated heterocycles. The van der Waals surface area contributed by atoms with Crippen molar-refractivity contribution in [3.8, 4) is 10.4 Å². The van der Waals surface area contributed by atoms with E-state index in [0.717, 1.165) is 22.5 Å². The summed E-state index contributed by atoms with van der Waals surface area (Å²) >= 11 is 1.35. The molecule has 1 amide bonds. The van der Waals surface area contributed by atoms with Gasteiger partial charge in [-0.05, 0) is 55.1 Å². The summed E-state index contributed by atoms with van der Waals surface area (Å²) < 4.78 is 34.6. The molecule has 0 bridgehead atoms. The quantitative estimate of drug-likeness (QED) is 0.192. The summed E-state index contributed by atoms with van der Waals surface area (Å²) in [5.74, 6) is -1.61. The first-order chi connectivity index (χ1) is 19.1. The van der Waals surface area contributed by atoms with Gasteiger partial charge in [0.2, 0.25) is 0 Å². The SMILES string of the molecule is C=C1N(/C(N)=C/C=C(\N)OC)C(=O)c2c(sc(-c3ccc(N)cc3)c2CN(C)CC)N1Cc1c(F)cccc1F. The Labute approximate surface area is 236 Å². The average Bonchev–Trinajstić information content (AvgIpc) is 3.30. The number of ether oxygens (including phenoxy) is 1. The van der Waals surface area contributed by atoms with Crippen LogP contribution in [0, 0.1) is 11.6 Å². The second kappa shape index (κ2) is 11.8. The highest BCUT2D eigenvalue weighted by atomic mass is 32.1. The minimum atomic E-state index is -0.710. The van der Waals surface area contributed by atoms with E-state index in [1.807, 2.05) is 26.1 Å². The Hall–Kier alpha value is -4.35. The maximum Gasteiger partial charge on any atom is 0.268 e. The first-order valence-corrected chi connectivity index (χ1v) is 13.3. The molecule has 0 radical (unpaired) electrons. The van der Waals surface area contributed by atoms with Crippen LogP contribution in [0.2, 0.25) is 0 Å². The monoisotopic (exact) mass is 566 g/mol. The number of amides is 1. The molecule has 1 aliphatic rings. The third-order valence-electron chi connectivity index (χ3n) is 6.65. The van der Waals surface area contributed by atoms with E-state index in [1.54, 1.807) is 17.0 Å². The number of anilines is 2. The Kier molecular flexibility index (Phi) is 8.46. The fourth-order valence-corrected chi connectivity index (χ4v) is 5.64. The van der Waals surface area contributed by atoms with Crippen molar-refractivity contribution in [3.63, 3.8) is 0 Å². The molecular weight excluding hydrogens is 534 g/mol. The van der Waals surface area contributed by atoms with Gasteiger partial charge >= 0.3 is 0 Å². The number of fused-ring (bicyclic) bond motifs is 1. The Morgan fingerprint density at radius 3 is 2.35 bits per heavy atom. The van der Waals surface area contributed by atoms with Crippen LogP contribution in [-0.2, 0) is 17.8 Å². The first kappa shape index (κ1) is 28.7. The van der Waals surface area contributed by atoms with Crippen LogP contribution in [0.1, 0.15) is 28.4 Å². The van der Waals surface area contributed by atoms with Crippen LogP contribution < -0.4 is 22.1 Å². The second-order valence-electron chi connectivity index (χ2n) is 9.25. The number of halogens is 2. The molecule has 40 heavy (non-hydrogen) atoms. The van der Waals surface area contributed by atoms with Crippen molar-refractivity contribution in [1.82, 2.24) is 9.80 Å². The topological polar surface area (TPSA) is 114 Å². The zero-order valence-corrected chi connectivity index (χ0v) is 23.4. The van der Waals surface area contributed by atoms with Crippen molar-refractivity contribution in [2.75, 3.05) is 31.3 Å². The predicted molar refractivity (Wildman–Crippen MR) is 156 cm³/mol. The van der Waals surface area contributed by atoms with Crippen molar-refractivity contribution >= 4 is 27.9 Å². The van der Waals surface area contributed by atoms with Crippen molar-refractivity contribution in [3.05, 3.63) is 107 Å². The molecule has 0 spiro atoms. The fourth-order valence-electron chi connectivity index (χ4n) is 4.31. The number of thiophene rings is 1. The van der Waals surface area contributed by atoms with Gasteiger partial charge in [0.1, 0.15) is 28.3 Å². The van der Waals surface area contributed by atoms with E-state index in [0.29, 0.717) is 22.8 Å². The molecule has 2 heterocycles. The lowest BCUT2D eigenvalue weighted by atomic mass is 10.0. The Balaban J connectivity index is 1.97. The number of rotatable bonds is 9. The minimum absolute atomic E-state index is 0.00897. The normalized spacial score (nSPS) is 14.2. The fraction of sp³-hybridized carbons (Fsp3) is 0.207. The summed E-state index contributed by atoms with van der Waals surface area (Å²) in [6, 6.07) is 11.0. The summed E-state index contributed by atoms with van der Waals surface area (Å²) in [5.41, 5.74) is 20.5. The van der Waals surface area contributed by atoms with Gasteiger partial charge < -0.3 is 31.7 Å². The predicted octanol–water partition coefficient (Wildman–Crippen LogP) is 4.91. The van der Waals surface area contributed by atoms with Crippen molar-refractivity contribution in [2.45, 2.75) is 20.0 Å². The molecule has 0 aliphatic carbocycles. The Bertz CT molecular complexity index is 1480. The van der Waals surface area contributed by atoms with Crippen molar-refractivity contribution in [1.29, 1.82) is 0 Å². The number of nitrogens with two attached hydrogens (primary N) is 3. The number of benzene rings is 2. The van der Waals surface area contributed by atoms with Crippen LogP contribution in [0.4, 0.5) is 19.5 Å². The van der Waals surface area contributed by atoms with E-state index >= 15 is 0 Å². The van der Waals surface area contributed by atoms with Gasteiger partial charge in [-0.1, -0.05) is 31.7 Å². The van der Waals surface area contributed by atoms with Crippen LogP contribution in [-0.4, -0.2) is 36.4 Å². The Morgan fingerprint density at radius 1 is 1.10 bits per heavy atom. The molecule has 0 fully saturated rings. The molecule has 1 aliphatic heterocycles. The van der Waals surface area contributed by atoms with Gasteiger partial charge in [-0.15, -0.1) is 11.3 Å². The second-order valence-corrected chi connectivity index (χ2v) is 10.2. The highest BCUT2D eigenvalue weighted by Gasteiger charge is 2.40. The molecule has 2 aromatic carbocycles. The third kappa shape index (κ3) is 5.51. The molecule has 210 valence electrons. The molecule has 3 aromatic rings. The van der Waals surface area contributed by atoms with Gasteiger partial charge in [0.05, 0.1) is 19.2 Å². The molecule has 0 unspecified atom stereocenters. The molecule has 0 atom stereocenters. The number of methoxy groups -OCH3 is 1. The Morgan fingerprint density at radius 2 is 1.75 bits per heavy atom. The number of hydrogen-bond acceptors (Lipinski definition) is 8. The number of allylic oxidation sites excluding steroid dienone is 2. The van der Waals surface area contributed by atoms with E-state index < -0.39 is 17.5 Å². The number of carbonyl (C=O) groups is 1. The lowest BCUT2D eigenvalue weighted by molar-refractivity contribution is 0.0831. The summed E-state index contributed by atoms with van der Waals surface area (Å²) in [7, 11) is 3.35. The summed E-state index contributed by atoms with van der Waals surface area (Å²) in [6.07, 6.45) is 2.82. The van der Waals surface area contributed by atoms with E-state index in [-0.39, 0.29) is 29.6 Å². The molecule has 4 rings (SSSR count). The highest BCUT2D eigenvalue weighted by Crippen LogP contribution is 2.48. The largest absolute Gasteiger partial charge is 0.483 e. The third-order valence-corrected chi connectivity index (χ3v) is 7.96. The van der Waals surface area contributed by atoms with E-state index in [2.05, 4.69) is 11.5 Å². The van der Waals surface area contributed by atoms with Gasteiger partial charge in [-0.25, -0.2) is 13.7 Å². The molecular formula is C29H32F2N6O2S. The lowest BCUT2D eigenvalue weighted by Crippen LogP contribution is -2.45. The summed E-state index contributed by atoms with van der Waals surface area (Å²) in [4.78, 5) is 19.9. The van der Waals surface area contributed by atoms with E-state index in [9.17, 15) is 13.6 Å². The van der Waals surface area contributed by atoms with Crippen LogP contribution in [0.15, 0.2) is 78.7 Å². The highest BCUT2D eigenvalue weighted by molar-refractivity contribution is 7.20. The van der Waals surface area contributed by atoms with E-state index in [1.165, 1.54) is 53.7 Å². The number of nitrogen functional groups attached to an aromatic ring is 1. The minimum Gasteiger partial charge on any atom is -0.483 e. The van der Waals surface area contributed by atoms with Gasteiger partial charge in [0.15, 0.2) is 5.88 Å². The molecule has 8 nitrogen and oxygen atoms in total. The standard InChI is InChI=1S/C29H32F2N6O2S/c1-5-35(3)15-21-26-28(38)37(24(33)13-14-25(34)39-4)17(2)36(16-20-22(30)7-6-8-23(20)31)29(26)40-27(21)18-9-11-19(32)12-10-18/h6-14H,2,5,15-16,32-34H2,1,3-4H3/b24-13+,25-14+. The van der Waals surface area contributed by atoms with E-state index in [4.69, 9.17) is 21.9 Å². The lowest BCUT2D eigenvalue weighted by Gasteiger charge is -2.38. The van der Waals surface area contributed by atoms with Crippen LogP contribution in [0.25, 0.3) is 10.4 Å². The number of carbonyl (C=O) groups excluding carboxylic acids is 1. The van der Waals surface area contributed by atoms with Crippen LogP contribution >= 0.6 is 11.3 Å². The van der Waals surface area contributed by atoms with Crippen molar-refractivity contribution < 1.29 is 18.3 Å². The molecule has 11 heteroatoms. The average molecular weight is 567 g/mol. The molecule has 0 saturated carbocycles. The summed E-state index contributed by atoms with van der Waals surface area (Å²) in [5, 5.41) is 0.514. The van der Waals surface area contributed by atoms with Gasteiger partial charge in [0.25, 0.3) is 5.91 Å². The zero-order valence-electron chi connectivity index (χ0n) is 22.6. The van der Waals surface area contributed by atoms with Gasteiger partial charge in [0, 0.05) is 28.7 Å². The molecule has 1 aromatic heterocycles. The zero-order chi connectivity index (χ0) is 29.1. The van der Waals surface area contributed by atoms with Crippen LogP contribution in [0.3, 0.4) is 0 Å². The van der Waals surface area contributed by atoms with Gasteiger partial charge in [-0.2, -0.15) is 0 Å². The maximum atomic E-state index is 14.8. The smallest absolute Gasteiger partial charge is 0.268 e. The number of hydrogen-bond donors (Lipinski definition) is 3.